The number of hydrogen-bond donors (Lipinski definition) is 0. The minimum Gasteiger partial charge on any atom is -0.410 e. The van der Waals surface area contributed by atoms with Crippen molar-refractivity contribution in [2.75, 3.05) is 33.2 Å². The second kappa shape index (κ2) is 11.2. The van der Waals surface area contributed by atoms with E-state index in [1.54, 1.807) is 19.2 Å². The molecule has 3 aliphatic rings. The highest BCUT2D eigenvalue weighted by Gasteiger charge is 2.52. The van der Waals surface area contributed by atoms with E-state index >= 15 is 0 Å². The van der Waals surface area contributed by atoms with Crippen LogP contribution < -0.4 is 4.74 Å². The van der Waals surface area contributed by atoms with Crippen molar-refractivity contribution in [2.24, 2.45) is 17.3 Å². The molecule has 214 valence electrons. The van der Waals surface area contributed by atoms with E-state index < -0.39 is 11.9 Å². The standard InChI is InChI=1S/C30H34Cl2FN3O4/c1-30(2)15-23(30)28(38)35-12-10-18(11-13-35)27(37)36-16-22(19-4-9-24(31)25(32)14-19)26(17-36)34(3)29(39)40-21-7-5-20(33)6-8-21/h4-9,14,18,22-23,26H,10-13,15-17H2,1-3H3. The van der Waals surface area contributed by atoms with Crippen LogP contribution in [0.1, 0.15) is 44.6 Å². The maximum Gasteiger partial charge on any atom is 0.415 e. The summed E-state index contributed by atoms with van der Waals surface area (Å²) >= 11 is 12.5. The maximum atomic E-state index is 13.7. The Morgan fingerprint density at radius 1 is 0.950 bits per heavy atom. The lowest BCUT2D eigenvalue weighted by Gasteiger charge is -2.33. The Bertz CT molecular complexity index is 1300. The van der Waals surface area contributed by atoms with Gasteiger partial charge in [-0.15, -0.1) is 0 Å². The molecule has 10 heteroatoms. The average molecular weight is 591 g/mol. The van der Waals surface area contributed by atoms with Gasteiger partial charge in [0, 0.05) is 51.0 Å². The molecular formula is C30H34Cl2FN3O4. The van der Waals surface area contributed by atoms with Gasteiger partial charge in [-0.05, 0) is 66.6 Å². The van der Waals surface area contributed by atoms with Gasteiger partial charge in [0.15, 0.2) is 0 Å². The van der Waals surface area contributed by atoms with Crippen molar-refractivity contribution >= 4 is 41.1 Å². The molecule has 1 aliphatic carbocycles. The maximum absolute atomic E-state index is 13.7. The molecule has 0 radical (unpaired) electrons. The monoisotopic (exact) mass is 589 g/mol. The Balaban J connectivity index is 1.28. The first-order chi connectivity index (χ1) is 18.9. The van der Waals surface area contributed by atoms with Crippen LogP contribution in [-0.4, -0.2) is 71.9 Å². The third kappa shape index (κ3) is 5.93. The number of rotatable bonds is 5. The number of carbonyl (C=O) groups is 3. The fourth-order valence-electron chi connectivity index (χ4n) is 5.95. The summed E-state index contributed by atoms with van der Waals surface area (Å²) in [6, 6.07) is 10.2. The van der Waals surface area contributed by atoms with Gasteiger partial charge in [-0.2, -0.15) is 0 Å². The lowest BCUT2D eigenvalue weighted by molar-refractivity contribution is -0.141. The summed E-state index contributed by atoms with van der Waals surface area (Å²) in [4.78, 5) is 44.8. The molecule has 1 saturated carbocycles. The van der Waals surface area contributed by atoms with Crippen LogP contribution in [-0.2, 0) is 9.59 Å². The van der Waals surface area contributed by atoms with E-state index in [1.807, 2.05) is 15.9 Å². The van der Waals surface area contributed by atoms with Gasteiger partial charge >= 0.3 is 6.09 Å². The van der Waals surface area contributed by atoms with E-state index in [0.29, 0.717) is 49.1 Å². The predicted molar refractivity (Wildman–Crippen MR) is 151 cm³/mol. The number of ether oxygens (including phenoxy) is 1. The Kier molecular flexibility index (Phi) is 8.03. The van der Waals surface area contributed by atoms with Crippen molar-refractivity contribution in [3.05, 3.63) is 63.9 Å². The topological polar surface area (TPSA) is 70.2 Å². The van der Waals surface area contributed by atoms with Crippen molar-refractivity contribution in [1.29, 1.82) is 0 Å². The first kappa shape index (κ1) is 28.7. The van der Waals surface area contributed by atoms with E-state index in [4.69, 9.17) is 27.9 Å². The molecule has 2 aliphatic heterocycles. The average Bonchev–Trinajstić information content (AvgIpc) is 3.36. The second-order valence-corrected chi connectivity index (χ2v) is 12.7. The quantitative estimate of drug-likeness (QED) is 0.439. The van der Waals surface area contributed by atoms with E-state index in [2.05, 4.69) is 13.8 Å². The number of carbonyl (C=O) groups excluding carboxylic acids is 3. The van der Waals surface area contributed by atoms with Crippen molar-refractivity contribution in [3.8, 4) is 5.75 Å². The molecule has 3 unspecified atom stereocenters. The van der Waals surface area contributed by atoms with Crippen LogP contribution in [0.4, 0.5) is 9.18 Å². The summed E-state index contributed by atoms with van der Waals surface area (Å²) < 4.78 is 18.8. The van der Waals surface area contributed by atoms with Crippen molar-refractivity contribution < 1.29 is 23.5 Å². The summed E-state index contributed by atoms with van der Waals surface area (Å²) in [6.45, 7) is 6.14. The van der Waals surface area contributed by atoms with Crippen LogP contribution in [0.3, 0.4) is 0 Å². The summed E-state index contributed by atoms with van der Waals surface area (Å²) in [5.41, 5.74) is 0.946. The lowest BCUT2D eigenvalue weighted by Crippen LogP contribution is -2.46. The highest BCUT2D eigenvalue weighted by molar-refractivity contribution is 6.42. The van der Waals surface area contributed by atoms with Crippen molar-refractivity contribution in [3.63, 3.8) is 0 Å². The summed E-state index contributed by atoms with van der Waals surface area (Å²) in [5.74, 6) is -0.263. The van der Waals surface area contributed by atoms with E-state index in [-0.39, 0.29) is 46.8 Å². The summed E-state index contributed by atoms with van der Waals surface area (Å²) in [6.07, 6.45) is 1.57. The van der Waals surface area contributed by atoms with Crippen LogP contribution in [0.2, 0.25) is 10.0 Å². The highest BCUT2D eigenvalue weighted by atomic mass is 35.5. The second-order valence-electron chi connectivity index (χ2n) is 11.9. The molecule has 0 bridgehead atoms. The number of likely N-dealkylation sites (N-methyl/N-ethyl adjacent to an activating group) is 1. The fourth-order valence-corrected chi connectivity index (χ4v) is 6.26. The van der Waals surface area contributed by atoms with Gasteiger partial charge in [0.1, 0.15) is 11.6 Å². The van der Waals surface area contributed by atoms with Gasteiger partial charge in [-0.25, -0.2) is 9.18 Å². The smallest absolute Gasteiger partial charge is 0.410 e. The van der Waals surface area contributed by atoms with E-state index in [1.165, 1.54) is 29.2 Å². The van der Waals surface area contributed by atoms with Crippen LogP contribution >= 0.6 is 23.2 Å². The number of likely N-dealkylation sites (tertiary alicyclic amines) is 2. The van der Waals surface area contributed by atoms with Gasteiger partial charge in [0.2, 0.25) is 11.8 Å². The number of amides is 3. The zero-order valence-electron chi connectivity index (χ0n) is 22.9. The molecule has 5 rings (SSSR count). The molecule has 0 N–H and O–H groups in total. The Morgan fingerprint density at radius 3 is 2.20 bits per heavy atom. The Morgan fingerprint density at radius 2 is 1.60 bits per heavy atom. The van der Waals surface area contributed by atoms with Crippen molar-refractivity contribution in [1.82, 2.24) is 14.7 Å². The molecule has 3 atom stereocenters. The molecule has 0 spiro atoms. The Labute approximate surface area is 244 Å². The van der Waals surface area contributed by atoms with Crippen LogP contribution in [0.15, 0.2) is 42.5 Å². The third-order valence-electron chi connectivity index (χ3n) is 8.74. The molecule has 2 saturated heterocycles. The number of piperidine rings is 1. The normalized spacial score (nSPS) is 24.1. The first-order valence-electron chi connectivity index (χ1n) is 13.7. The number of halogens is 3. The van der Waals surface area contributed by atoms with E-state index in [0.717, 1.165) is 12.0 Å². The molecule has 40 heavy (non-hydrogen) atoms. The van der Waals surface area contributed by atoms with Gasteiger partial charge in [0.05, 0.1) is 16.1 Å². The minimum absolute atomic E-state index is 0.0340. The Hall–Kier alpha value is -2.84. The highest BCUT2D eigenvalue weighted by Crippen LogP contribution is 2.52. The molecule has 3 amide bonds. The third-order valence-corrected chi connectivity index (χ3v) is 9.48. The number of nitrogens with zero attached hydrogens (tertiary/aromatic N) is 3. The zero-order valence-corrected chi connectivity index (χ0v) is 24.4. The van der Waals surface area contributed by atoms with Crippen molar-refractivity contribution in [2.45, 2.75) is 45.1 Å². The first-order valence-corrected chi connectivity index (χ1v) is 14.4. The molecular weight excluding hydrogens is 556 g/mol. The predicted octanol–water partition coefficient (Wildman–Crippen LogP) is 5.84. The van der Waals surface area contributed by atoms with Crippen LogP contribution in [0.25, 0.3) is 0 Å². The molecule has 2 aromatic rings. The molecule has 2 aromatic carbocycles. The molecule has 2 heterocycles. The van der Waals surface area contributed by atoms with E-state index in [9.17, 15) is 18.8 Å². The number of hydrogen-bond acceptors (Lipinski definition) is 4. The van der Waals surface area contributed by atoms with Crippen LogP contribution in [0, 0.1) is 23.1 Å². The van der Waals surface area contributed by atoms with Gasteiger partial charge < -0.3 is 19.4 Å². The summed E-state index contributed by atoms with van der Waals surface area (Å²) in [5, 5.41) is 0.822. The van der Waals surface area contributed by atoms with Gasteiger partial charge in [0.25, 0.3) is 0 Å². The van der Waals surface area contributed by atoms with Crippen LogP contribution in [0.5, 0.6) is 5.75 Å². The summed E-state index contributed by atoms with van der Waals surface area (Å²) in [7, 11) is 1.64. The molecule has 3 fully saturated rings. The lowest BCUT2D eigenvalue weighted by atomic mass is 9.93. The fraction of sp³-hybridized carbons (Fsp3) is 0.500. The largest absolute Gasteiger partial charge is 0.415 e. The molecule has 0 aromatic heterocycles. The SMILES string of the molecule is CN(C(=O)Oc1ccc(F)cc1)C1CN(C(=O)C2CCN(C(=O)C3CC3(C)C)CC2)CC1c1ccc(Cl)c(Cl)c1. The minimum atomic E-state index is -0.606. The van der Waals surface area contributed by atoms with Gasteiger partial charge in [-0.3, -0.25) is 9.59 Å². The zero-order chi connectivity index (χ0) is 28.8. The number of benzene rings is 2. The van der Waals surface area contributed by atoms with Gasteiger partial charge in [-0.1, -0.05) is 43.1 Å². The molecule has 7 nitrogen and oxygen atoms in total.